The molecule has 37 heavy (non-hydrogen) atoms. The molecule has 0 amide bonds. The van der Waals surface area contributed by atoms with Gasteiger partial charge in [0, 0.05) is 22.9 Å². The van der Waals surface area contributed by atoms with E-state index >= 15 is 0 Å². The summed E-state index contributed by atoms with van der Waals surface area (Å²) in [5.41, 5.74) is 0.800. The predicted octanol–water partition coefficient (Wildman–Crippen LogP) is 7.14. The van der Waals surface area contributed by atoms with Gasteiger partial charge in [-0.25, -0.2) is 0 Å². The minimum atomic E-state index is -0.701. The fourth-order valence-electron chi connectivity index (χ4n) is 4.27. The van der Waals surface area contributed by atoms with Crippen molar-refractivity contribution in [2.24, 2.45) is 15.8 Å². The second-order valence-corrected chi connectivity index (χ2v) is 11.6. The van der Waals surface area contributed by atoms with Gasteiger partial charge in [0.15, 0.2) is 0 Å². The number of aliphatic imine (C=N–C) groups is 1. The van der Waals surface area contributed by atoms with Crippen LogP contribution < -0.4 is 4.74 Å². The number of fused-ring (bicyclic) bond motifs is 2. The predicted molar refractivity (Wildman–Crippen MR) is 152 cm³/mol. The normalized spacial score (nSPS) is 13.4. The number of carbonyl (C=O) groups excluding carboxylic acids is 1. The summed E-state index contributed by atoms with van der Waals surface area (Å²) in [6.07, 6.45) is 1.63. The van der Waals surface area contributed by atoms with Crippen LogP contribution in [0, 0.1) is 10.8 Å². The first-order valence-corrected chi connectivity index (χ1v) is 12.5. The van der Waals surface area contributed by atoms with Crippen LogP contribution in [-0.2, 0) is 4.79 Å². The first-order valence-electron chi connectivity index (χ1n) is 12.5. The van der Waals surface area contributed by atoms with Crippen LogP contribution in [0.25, 0.3) is 32.7 Å². The summed E-state index contributed by atoms with van der Waals surface area (Å²) >= 11 is 0. The summed E-state index contributed by atoms with van der Waals surface area (Å²) in [6.45, 7) is 11.4. The quantitative estimate of drug-likeness (QED) is 0.174. The van der Waals surface area contributed by atoms with Gasteiger partial charge < -0.3 is 14.9 Å². The van der Waals surface area contributed by atoms with Crippen molar-refractivity contribution in [3.05, 3.63) is 72.3 Å². The standard InChI is InChI=1S/C32H35NO4/c1-31(2,3)26(19-34)33-18-22-17-21-12-8-10-14-24(21)28(29(22)35)27-23-13-9-7-11-20(23)15-16-25(27)37-30(36)32(4,5)6/h7-18,26,34-35H,19H2,1-6H3/t26-/m1/s1. The summed E-state index contributed by atoms with van der Waals surface area (Å²) in [5.74, 6) is 0.0649. The Labute approximate surface area is 218 Å². The number of aliphatic hydroxyl groups is 1. The molecule has 0 aliphatic carbocycles. The zero-order valence-corrected chi connectivity index (χ0v) is 22.4. The van der Waals surface area contributed by atoms with Gasteiger partial charge in [0.05, 0.1) is 18.1 Å². The van der Waals surface area contributed by atoms with Crippen molar-refractivity contribution in [2.45, 2.75) is 47.6 Å². The van der Waals surface area contributed by atoms with Crippen molar-refractivity contribution in [1.82, 2.24) is 0 Å². The molecule has 0 unspecified atom stereocenters. The number of carbonyl (C=O) groups is 1. The largest absolute Gasteiger partial charge is 0.507 e. The second kappa shape index (κ2) is 9.98. The van der Waals surface area contributed by atoms with Crippen LogP contribution in [0.1, 0.15) is 47.1 Å². The molecule has 0 aliphatic heterocycles. The van der Waals surface area contributed by atoms with Crippen molar-refractivity contribution < 1.29 is 19.7 Å². The van der Waals surface area contributed by atoms with Crippen LogP contribution in [0.4, 0.5) is 0 Å². The van der Waals surface area contributed by atoms with Gasteiger partial charge in [0.2, 0.25) is 0 Å². The summed E-state index contributed by atoms with van der Waals surface area (Å²) in [7, 11) is 0. The van der Waals surface area contributed by atoms with E-state index in [1.165, 1.54) is 0 Å². The number of rotatable bonds is 5. The molecule has 0 saturated carbocycles. The molecule has 0 heterocycles. The van der Waals surface area contributed by atoms with Crippen LogP contribution in [-0.4, -0.2) is 35.0 Å². The SMILES string of the molecule is CC(C)(C)C(=O)Oc1ccc2ccccc2c1-c1c(O)c(C=N[C@H](CO)C(C)(C)C)cc2ccccc12. The third kappa shape index (κ3) is 5.37. The number of ether oxygens (including phenoxy) is 1. The Hall–Kier alpha value is -3.70. The van der Waals surface area contributed by atoms with Gasteiger partial charge in [-0.2, -0.15) is 0 Å². The maximum atomic E-state index is 12.9. The molecule has 0 saturated heterocycles. The lowest BCUT2D eigenvalue weighted by Crippen LogP contribution is -2.28. The number of phenolic OH excluding ortho intramolecular Hbond substituents is 1. The van der Waals surface area contributed by atoms with Crippen LogP contribution in [0.15, 0.2) is 71.7 Å². The Morgan fingerprint density at radius 3 is 2.08 bits per heavy atom. The fraction of sp³-hybridized carbons (Fsp3) is 0.312. The van der Waals surface area contributed by atoms with Gasteiger partial charge >= 0.3 is 5.97 Å². The average molecular weight is 498 g/mol. The Bertz CT molecular complexity index is 1490. The molecule has 0 radical (unpaired) electrons. The van der Waals surface area contributed by atoms with E-state index in [1.54, 1.807) is 12.3 Å². The maximum absolute atomic E-state index is 12.9. The molecule has 1 atom stereocenters. The number of phenols is 1. The van der Waals surface area contributed by atoms with Crippen LogP contribution in [0.2, 0.25) is 0 Å². The third-order valence-electron chi connectivity index (χ3n) is 6.57. The molecule has 0 bridgehead atoms. The van der Waals surface area contributed by atoms with Crippen molar-refractivity contribution in [3.8, 4) is 22.6 Å². The topological polar surface area (TPSA) is 79.1 Å². The van der Waals surface area contributed by atoms with Gasteiger partial charge in [-0.3, -0.25) is 9.79 Å². The summed E-state index contributed by atoms with van der Waals surface area (Å²) in [6, 6.07) is 20.9. The maximum Gasteiger partial charge on any atom is 0.316 e. The second-order valence-electron chi connectivity index (χ2n) is 11.6. The summed E-state index contributed by atoms with van der Waals surface area (Å²) < 4.78 is 5.96. The number of benzene rings is 4. The highest BCUT2D eigenvalue weighted by molar-refractivity contribution is 6.12. The van der Waals surface area contributed by atoms with Crippen molar-refractivity contribution in [3.63, 3.8) is 0 Å². The van der Waals surface area contributed by atoms with E-state index in [4.69, 9.17) is 4.74 Å². The molecule has 4 aromatic rings. The first kappa shape index (κ1) is 26.4. The Morgan fingerprint density at radius 1 is 0.892 bits per heavy atom. The van der Waals surface area contributed by atoms with Crippen molar-refractivity contribution in [1.29, 1.82) is 0 Å². The highest BCUT2D eigenvalue weighted by Crippen LogP contribution is 2.46. The van der Waals surface area contributed by atoms with Crippen molar-refractivity contribution >= 4 is 33.7 Å². The van der Waals surface area contributed by atoms with Crippen molar-refractivity contribution in [2.75, 3.05) is 6.61 Å². The van der Waals surface area contributed by atoms with E-state index in [0.717, 1.165) is 21.5 Å². The molecule has 4 aromatic carbocycles. The summed E-state index contributed by atoms with van der Waals surface area (Å²) in [5, 5.41) is 25.2. The molecule has 0 fully saturated rings. The third-order valence-corrected chi connectivity index (χ3v) is 6.57. The average Bonchev–Trinajstić information content (AvgIpc) is 2.83. The van der Waals surface area contributed by atoms with E-state index in [2.05, 4.69) is 4.99 Å². The smallest absolute Gasteiger partial charge is 0.316 e. The molecular formula is C32H35NO4. The van der Waals surface area contributed by atoms with Gasteiger partial charge in [-0.05, 0) is 59.9 Å². The van der Waals surface area contributed by atoms with Crippen LogP contribution in [0.5, 0.6) is 11.5 Å². The molecule has 5 nitrogen and oxygen atoms in total. The van der Waals surface area contributed by atoms with Gasteiger partial charge in [0.25, 0.3) is 0 Å². The fourth-order valence-corrected chi connectivity index (χ4v) is 4.27. The Kier molecular flexibility index (Phi) is 7.11. The highest BCUT2D eigenvalue weighted by atomic mass is 16.5. The number of esters is 1. The molecule has 2 N–H and O–H groups in total. The number of aromatic hydroxyl groups is 1. The van der Waals surface area contributed by atoms with Gasteiger partial charge in [-0.1, -0.05) is 75.4 Å². The number of hydrogen-bond acceptors (Lipinski definition) is 5. The lowest BCUT2D eigenvalue weighted by atomic mass is 9.87. The molecule has 192 valence electrons. The first-order chi connectivity index (χ1) is 17.4. The lowest BCUT2D eigenvalue weighted by Gasteiger charge is -2.25. The van der Waals surface area contributed by atoms with Crippen LogP contribution >= 0.6 is 0 Å². The van der Waals surface area contributed by atoms with Gasteiger partial charge in [-0.15, -0.1) is 0 Å². The number of nitrogens with zero attached hydrogens (tertiary/aromatic N) is 1. The van der Waals surface area contributed by atoms with E-state index in [0.29, 0.717) is 22.4 Å². The zero-order chi connectivity index (χ0) is 27.0. The molecule has 4 rings (SSSR count). The minimum Gasteiger partial charge on any atom is -0.507 e. The Balaban J connectivity index is 2.04. The monoisotopic (exact) mass is 497 g/mol. The zero-order valence-electron chi connectivity index (χ0n) is 22.4. The van der Waals surface area contributed by atoms with E-state index in [1.807, 2.05) is 102 Å². The molecular weight excluding hydrogens is 462 g/mol. The van der Waals surface area contributed by atoms with Crippen LogP contribution in [0.3, 0.4) is 0 Å². The highest BCUT2D eigenvalue weighted by Gasteiger charge is 2.27. The number of hydrogen-bond donors (Lipinski definition) is 2. The van der Waals surface area contributed by atoms with Gasteiger partial charge in [0.1, 0.15) is 11.5 Å². The van der Waals surface area contributed by atoms with E-state index in [-0.39, 0.29) is 29.8 Å². The molecule has 0 aromatic heterocycles. The number of aliphatic hydroxyl groups excluding tert-OH is 1. The Morgan fingerprint density at radius 2 is 1.49 bits per heavy atom. The minimum absolute atomic E-state index is 0.0393. The summed E-state index contributed by atoms with van der Waals surface area (Å²) in [4.78, 5) is 17.6. The molecule has 5 heteroatoms. The van der Waals surface area contributed by atoms with E-state index in [9.17, 15) is 15.0 Å². The molecule has 0 spiro atoms. The lowest BCUT2D eigenvalue weighted by molar-refractivity contribution is -0.142. The molecule has 0 aliphatic rings. The van der Waals surface area contributed by atoms with E-state index < -0.39 is 5.41 Å².